The van der Waals surface area contributed by atoms with Gasteiger partial charge in [0.05, 0.1) is 5.41 Å². The lowest BCUT2D eigenvalue weighted by Gasteiger charge is -2.34. The summed E-state index contributed by atoms with van der Waals surface area (Å²) in [5, 5.41) is 4.82. The first-order valence-electron chi connectivity index (χ1n) is 19.4. The minimum atomic E-state index is -0.591. The van der Waals surface area contributed by atoms with Crippen LogP contribution in [0.25, 0.3) is 78.0 Å². The molecule has 0 saturated carbocycles. The third kappa shape index (κ3) is 5.32. The molecule has 1 aromatic heterocycles. The smallest absolute Gasteiger partial charge is 0.164 e. The molecule has 1 aliphatic rings. The Morgan fingerprint density at radius 1 is 0.298 bits per heavy atom. The number of benzene rings is 9. The molecule has 0 amide bonds. The second-order valence-electron chi connectivity index (χ2n) is 14.7. The van der Waals surface area contributed by atoms with Crippen molar-refractivity contribution in [2.45, 2.75) is 5.41 Å². The molecule has 1 aliphatic carbocycles. The molecule has 3 nitrogen and oxygen atoms in total. The van der Waals surface area contributed by atoms with Gasteiger partial charge in [0.1, 0.15) is 0 Å². The Kier molecular flexibility index (Phi) is 7.71. The molecule has 0 atom stereocenters. The maximum absolute atomic E-state index is 5.14. The zero-order valence-electron chi connectivity index (χ0n) is 31.0. The minimum Gasteiger partial charge on any atom is -0.208 e. The van der Waals surface area contributed by atoms with Crippen LogP contribution in [0.2, 0.25) is 0 Å². The Bertz CT molecular complexity index is 3000. The van der Waals surface area contributed by atoms with E-state index in [1.165, 1.54) is 60.7 Å². The van der Waals surface area contributed by atoms with Crippen LogP contribution in [0, 0.1) is 0 Å². The van der Waals surface area contributed by atoms with E-state index in [1.807, 2.05) is 36.4 Å². The molecule has 0 unspecified atom stereocenters. The van der Waals surface area contributed by atoms with Crippen molar-refractivity contribution >= 4 is 21.5 Å². The molecule has 3 heteroatoms. The first kappa shape index (κ1) is 32.9. The summed E-state index contributed by atoms with van der Waals surface area (Å²) in [5.41, 5.74) is 12.2. The molecule has 1 heterocycles. The van der Waals surface area contributed by atoms with Crippen molar-refractivity contribution in [3.8, 4) is 56.4 Å². The van der Waals surface area contributed by atoms with Gasteiger partial charge >= 0.3 is 0 Å². The Hall–Kier alpha value is -7.49. The van der Waals surface area contributed by atoms with Crippen molar-refractivity contribution in [3.63, 3.8) is 0 Å². The van der Waals surface area contributed by atoms with E-state index in [-0.39, 0.29) is 0 Å². The van der Waals surface area contributed by atoms with E-state index in [9.17, 15) is 0 Å². The van der Waals surface area contributed by atoms with Gasteiger partial charge in [0.2, 0.25) is 0 Å². The number of hydrogen-bond acceptors (Lipinski definition) is 3. The molecule has 0 bridgehead atoms. The van der Waals surface area contributed by atoms with Gasteiger partial charge in [0.15, 0.2) is 17.5 Å². The van der Waals surface area contributed by atoms with Crippen LogP contribution >= 0.6 is 0 Å². The van der Waals surface area contributed by atoms with E-state index in [0.29, 0.717) is 17.5 Å². The van der Waals surface area contributed by atoms with Crippen molar-refractivity contribution in [1.29, 1.82) is 0 Å². The molecule has 0 spiro atoms. The average molecular weight is 726 g/mol. The van der Waals surface area contributed by atoms with Crippen molar-refractivity contribution in [2.75, 3.05) is 0 Å². The Labute approximate surface area is 331 Å². The van der Waals surface area contributed by atoms with Gasteiger partial charge in [-0.25, -0.2) is 15.0 Å². The fraction of sp³-hybridized carbons (Fsp3) is 0.0185. The summed E-state index contributed by atoms with van der Waals surface area (Å²) in [4.78, 5) is 15.3. The lowest BCUT2D eigenvalue weighted by atomic mass is 9.66. The Morgan fingerprint density at radius 3 is 1.46 bits per heavy atom. The zero-order valence-corrected chi connectivity index (χ0v) is 31.0. The third-order valence-corrected chi connectivity index (χ3v) is 11.6. The van der Waals surface area contributed by atoms with E-state index >= 15 is 0 Å². The second kappa shape index (κ2) is 13.4. The van der Waals surface area contributed by atoms with Gasteiger partial charge in [0.25, 0.3) is 0 Å². The zero-order chi connectivity index (χ0) is 37.8. The highest BCUT2D eigenvalue weighted by Crippen LogP contribution is 2.59. The molecule has 0 fully saturated rings. The minimum absolute atomic E-state index is 0.591. The molecule has 266 valence electrons. The first-order chi connectivity index (χ1) is 28.3. The molecule has 0 radical (unpaired) electrons. The van der Waals surface area contributed by atoms with Crippen molar-refractivity contribution in [3.05, 3.63) is 235 Å². The van der Waals surface area contributed by atoms with Crippen LogP contribution in [-0.2, 0) is 5.41 Å². The van der Waals surface area contributed by atoms with E-state index in [1.54, 1.807) is 0 Å². The molecule has 10 aromatic rings. The predicted molar refractivity (Wildman–Crippen MR) is 234 cm³/mol. The quantitative estimate of drug-likeness (QED) is 0.171. The maximum Gasteiger partial charge on any atom is 0.164 e. The number of nitrogens with zero attached hydrogens (tertiary/aromatic N) is 3. The summed E-state index contributed by atoms with van der Waals surface area (Å²) in [6.07, 6.45) is 0. The first-order valence-corrected chi connectivity index (χ1v) is 19.4. The predicted octanol–water partition coefficient (Wildman–Crippen LogP) is 13.2. The van der Waals surface area contributed by atoms with Crippen LogP contribution in [0.4, 0.5) is 0 Å². The molecular weight excluding hydrogens is 691 g/mol. The molecular formula is C54H35N3. The van der Waals surface area contributed by atoms with E-state index in [4.69, 9.17) is 15.0 Å². The third-order valence-electron chi connectivity index (χ3n) is 11.6. The largest absolute Gasteiger partial charge is 0.208 e. The molecule has 57 heavy (non-hydrogen) atoms. The summed E-state index contributed by atoms with van der Waals surface area (Å²) < 4.78 is 0. The van der Waals surface area contributed by atoms with Crippen LogP contribution in [0.15, 0.2) is 212 Å². The monoisotopic (exact) mass is 725 g/mol. The number of rotatable bonds is 6. The summed E-state index contributed by atoms with van der Waals surface area (Å²) in [6.45, 7) is 0. The fourth-order valence-electron chi connectivity index (χ4n) is 9.04. The highest BCUT2D eigenvalue weighted by Gasteiger charge is 2.47. The van der Waals surface area contributed by atoms with Gasteiger partial charge in [-0.15, -0.1) is 0 Å². The van der Waals surface area contributed by atoms with Gasteiger partial charge in [-0.2, -0.15) is 0 Å². The lowest BCUT2D eigenvalue weighted by molar-refractivity contribution is 0.775. The number of fused-ring (bicyclic) bond motifs is 6. The van der Waals surface area contributed by atoms with Crippen molar-refractivity contribution in [2.24, 2.45) is 0 Å². The standard InChI is InChI=1S/C54H35N3/c1-5-17-38(18-6-1)51-55-52(39-19-7-2-8-20-39)57-53(56-51)41-29-28-37-30-32-46-48-34-40(45-27-15-21-36-16-13-14-26-44(36)45)31-33-49(48)54(50(46)47(37)35-41,42-22-9-3-10-23-42)43-24-11-4-12-25-43/h1-35H. The molecule has 11 rings (SSSR count). The lowest BCUT2D eigenvalue weighted by Crippen LogP contribution is -2.28. The normalized spacial score (nSPS) is 12.7. The average Bonchev–Trinajstić information content (AvgIpc) is 3.60. The summed E-state index contributed by atoms with van der Waals surface area (Å²) in [5.74, 6) is 1.93. The van der Waals surface area contributed by atoms with Gasteiger partial charge < -0.3 is 0 Å². The maximum atomic E-state index is 5.14. The molecule has 0 aliphatic heterocycles. The SMILES string of the molecule is c1ccc(-c2nc(-c3ccccc3)nc(-c3ccc4ccc5c(c4c3)C(c3ccccc3)(c3ccccc3)c3ccc(-c4cccc6ccccc46)cc3-5)n2)cc1. The van der Waals surface area contributed by atoms with E-state index in [0.717, 1.165) is 22.1 Å². The van der Waals surface area contributed by atoms with Crippen LogP contribution < -0.4 is 0 Å². The highest BCUT2D eigenvalue weighted by molar-refractivity contribution is 6.03. The van der Waals surface area contributed by atoms with Crippen LogP contribution in [0.3, 0.4) is 0 Å². The number of hydrogen-bond donors (Lipinski definition) is 0. The van der Waals surface area contributed by atoms with Gasteiger partial charge in [-0.3, -0.25) is 0 Å². The van der Waals surface area contributed by atoms with Crippen molar-refractivity contribution < 1.29 is 0 Å². The van der Waals surface area contributed by atoms with E-state index in [2.05, 4.69) is 176 Å². The Balaban J connectivity index is 1.21. The second-order valence-corrected chi connectivity index (χ2v) is 14.7. The highest BCUT2D eigenvalue weighted by atomic mass is 15.0. The van der Waals surface area contributed by atoms with E-state index < -0.39 is 5.41 Å². The molecule has 0 saturated heterocycles. The van der Waals surface area contributed by atoms with Crippen LogP contribution in [-0.4, -0.2) is 15.0 Å². The van der Waals surface area contributed by atoms with Gasteiger partial charge in [-0.1, -0.05) is 200 Å². The number of aromatic nitrogens is 3. The summed E-state index contributed by atoms with van der Waals surface area (Å²) in [6, 6.07) is 76.1. The van der Waals surface area contributed by atoms with Crippen molar-refractivity contribution in [1.82, 2.24) is 15.0 Å². The van der Waals surface area contributed by atoms with Gasteiger partial charge in [0, 0.05) is 16.7 Å². The van der Waals surface area contributed by atoms with Crippen LogP contribution in [0.5, 0.6) is 0 Å². The molecule has 0 N–H and O–H groups in total. The van der Waals surface area contributed by atoms with Gasteiger partial charge in [-0.05, 0) is 78.2 Å². The summed E-state index contributed by atoms with van der Waals surface area (Å²) in [7, 11) is 0. The summed E-state index contributed by atoms with van der Waals surface area (Å²) >= 11 is 0. The fourth-order valence-corrected chi connectivity index (χ4v) is 9.04. The Morgan fingerprint density at radius 2 is 0.807 bits per heavy atom. The molecule has 9 aromatic carbocycles. The van der Waals surface area contributed by atoms with Crippen LogP contribution in [0.1, 0.15) is 22.3 Å². The topological polar surface area (TPSA) is 38.7 Å².